The molecule has 5 rings (SSSR count). The highest BCUT2D eigenvalue weighted by molar-refractivity contribution is 7.93. The lowest BCUT2D eigenvalue weighted by atomic mass is 9.86. The van der Waals surface area contributed by atoms with Gasteiger partial charge in [0.05, 0.1) is 22.1 Å². The molecular formula is C30H25N3O7S2. The van der Waals surface area contributed by atoms with Crippen molar-refractivity contribution in [1.29, 1.82) is 0 Å². The first-order valence-electron chi connectivity index (χ1n) is 13.0. The number of benzene rings is 3. The number of aromatic nitrogens is 1. The van der Waals surface area contributed by atoms with Gasteiger partial charge in [-0.25, -0.2) is 13.4 Å². The van der Waals surface area contributed by atoms with Gasteiger partial charge in [-0.3, -0.25) is 29.4 Å². The molecule has 1 saturated heterocycles. The largest absolute Gasteiger partial charge is 0.298 e. The second-order valence-electron chi connectivity index (χ2n) is 10.1. The first-order valence-corrected chi connectivity index (χ1v) is 15.3. The van der Waals surface area contributed by atoms with Gasteiger partial charge in [-0.1, -0.05) is 79.8 Å². The molecule has 1 fully saturated rings. The molecule has 1 aliphatic rings. The number of anilines is 1. The second kappa shape index (κ2) is 11.4. The Bertz CT molecular complexity index is 1780. The van der Waals surface area contributed by atoms with Crippen LogP contribution < -0.4 is 4.90 Å². The Hall–Kier alpha value is -4.55. The fourth-order valence-corrected chi connectivity index (χ4v) is 7.43. The minimum atomic E-state index is -4.15. The molecule has 0 saturated carbocycles. The van der Waals surface area contributed by atoms with Gasteiger partial charge in [-0.15, -0.1) is 0 Å². The Kier molecular flexibility index (Phi) is 7.85. The first-order chi connectivity index (χ1) is 20.0. The van der Waals surface area contributed by atoms with Gasteiger partial charge in [0.1, 0.15) is 10.1 Å². The fourth-order valence-electron chi connectivity index (χ4n) is 4.87. The molecule has 214 valence electrons. The van der Waals surface area contributed by atoms with Crippen LogP contribution in [-0.4, -0.2) is 35.8 Å². The SMILES string of the molecule is CC(C)c1ccc(C2C(C(=O)Cc3ccccc3)C(=O)C(=O)N2c2ncc(S(=O)(=O)c3ccc([N+](=O)[O-])cc3)s2)cc1. The zero-order valence-corrected chi connectivity index (χ0v) is 24.2. The number of rotatable bonds is 9. The topological polar surface area (TPSA) is 145 Å². The van der Waals surface area contributed by atoms with Crippen LogP contribution in [0.15, 0.2) is 94.2 Å². The molecule has 10 nitrogen and oxygen atoms in total. The Morgan fingerprint density at radius 3 is 2.24 bits per heavy atom. The van der Waals surface area contributed by atoms with Gasteiger partial charge < -0.3 is 0 Å². The number of Topliss-reactive ketones (excluding diaryl/α,β-unsaturated/α-hetero) is 2. The van der Waals surface area contributed by atoms with E-state index in [1.807, 2.05) is 32.0 Å². The van der Waals surface area contributed by atoms with Crippen molar-refractivity contribution in [3.63, 3.8) is 0 Å². The predicted molar refractivity (Wildman–Crippen MR) is 155 cm³/mol. The maximum Gasteiger partial charge on any atom is 0.297 e. The normalized spacial score (nSPS) is 17.2. The number of ketones is 2. The minimum Gasteiger partial charge on any atom is -0.298 e. The van der Waals surface area contributed by atoms with Crippen molar-refractivity contribution in [2.24, 2.45) is 5.92 Å². The van der Waals surface area contributed by atoms with Crippen LogP contribution in [-0.2, 0) is 30.6 Å². The summed E-state index contributed by atoms with van der Waals surface area (Å²) in [7, 11) is -4.15. The number of carbonyl (C=O) groups is 3. The number of thiazole rings is 1. The molecule has 2 unspecified atom stereocenters. The molecule has 2 atom stereocenters. The molecule has 0 aliphatic carbocycles. The van der Waals surface area contributed by atoms with Crippen LogP contribution in [0.2, 0.25) is 0 Å². The summed E-state index contributed by atoms with van der Waals surface area (Å²) in [6.07, 6.45) is 1.02. The van der Waals surface area contributed by atoms with E-state index in [1.165, 1.54) is 0 Å². The van der Waals surface area contributed by atoms with Crippen molar-refractivity contribution in [2.45, 2.75) is 41.3 Å². The van der Waals surface area contributed by atoms with Gasteiger partial charge in [-0.05, 0) is 34.7 Å². The van der Waals surface area contributed by atoms with Crippen LogP contribution in [0.3, 0.4) is 0 Å². The zero-order chi connectivity index (χ0) is 30.2. The van der Waals surface area contributed by atoms with E-state index < -0.39 is 44.2 Å². The van der Waals surface area contributed by atoms with E-state index in [9.17, 15) is 32.9 Å². The predicted octanol–water partition coefficient (Wildman–Crippen LogP) is 5.09. The second-order valence-corrected chi connectivity index (χ2v) is 13.3. The Morgan fingerprint density at radius 1 is 1.00 bits per heavy atom. The van der Waals surface area contributed by atoms with Crippen LogP contribution in [0.4, 0.5) is 10.8 Å². The monoisotopic (exact) mass is 603 g/mol. The van der Waals surface area contributed by atoms with Crippen molar-refractivity contribution in [1.82, 2.24) is 4.98 Å². The summed E-state index contributed by atoms with van der Waals surface area (Å²) < 4.78 is 26.4. The van der Waals surface area contributed by atoms with Gasteiger partial charge in [0.25, 0.3) is 11.6 Å². The molecule has 12 heteroatoms. The van der Waals surface area contributed by atoms with E-state index in [2.05, 4.69) is 4.98 Å². The highest BCUT2D eigenvalue weighted by atomic mass is 32.2. The number of nitrogens with zero attached hydrogens (tertiary/aromatic N) is 3. The van der Waals surface area contributed by atoms with Crippen LogP contribution in [0, 0.1) is 16.0 Å². The average molecular weight is 604 g/mol. The minimum absolute atomic E-state index is 0.0539. The third kappa shape index (κ3) is 5.38. The summed E-state index contributed by atoms with van der Waals surface area (Å²) in [5, 5.41) is 10.9. The zero-order valence-electron chi connectivity index (χ0n) is 22.5. The maximum atomic E-state index is 13.6. The molecule has 0 N–H and O–H groups in total. The van der Waals surface area contributed by atoms with E-state index in [1.54, 1.807) is 36.4 Å². The molecule has 1 amide bonds. The molecule has 4 aromatic rings. The maximum absolute atomic E-state index is 13.6. The standard InChI is InChI=1S/C30H25N3O7S2/c1-18(2)20-8-10-21(11-9-20)27-26(24(34)16-19-6-4-3-5-7-19)28(35)29(36)32(27)30-31-17-25(41-30)42(39,40)23-14-12-22(13-15-23)33(37)38/h3-15,17-18,26-27H,16H2,1-2H3. The Balaban J connectivity index is 1.55. The first kappa shape index (κ1) is 29.0. The number of hydrogen-bond donors (Lipinski definition) is 0. The molecule has 1 aromatic heterocycles. The molecule has 1 aliphatic heterocycles. The number of carbonyl (C=O) groups excluding carboxylic acids is 3. The van der Waals surface area contributed by atoms with Gasteiger partial charge in [0, 0.05) is 18.6 Å². The summed E-state index contributed by atoms with van der Waals surface area (Å²) in [6, 6.07) is 19.5. The Morgan fingerprint density at radius 2 is 1.64 bits per heavy atom. The number of nitro groups is 1. The van der Waals surface area contributed by atoms with Crippen LogP contribution in [0.25, 0.3) is 0 Å². The number of amides is 1. The quantitative estimate of drug-likeness (QED) is 0.111. The molecular weight excluding hydrogens is 578 g/mol. The van der Waals surface area contributed by atoms with Crippen LogP contribution >= 0.6 is 11.3 Å². The van der Waals surface area contributed by atoms with E-state index in [4.69, 9.17) is 0 Å². The van der Waals surface area contributed by atoms with Gasteiger partial charge in [-0.2, -0.15) is 0 Å². The number of non-ortho nitro benzene ring substituents is 1. The summed E-state index contributed by atoms with van der Waals surface area (Å²) >= 11 is 0.681. The van der Waals surface area contributed by atoms with Crippen molar-refractivity contribution >= 4 is 49.5 Å². The summed E-state index contributed by atoms with van der Waals surface area (Å²) in [5.74, 6) is -3.36. The van der Waals surface area contributed by atoms with Crippen molar-refractivity contribution in [3.05, 3.63) is 112 Å². The smallest absolute Gasteiger partial charge is 0.297 e. The van der Waals surface area contributed by atoms with Gasteiger partial charge in [0.2, 0.25) is 15.6 Å². The molecule has 0 radical (unpaired) electrons. The number of hydrogen-bond acceptors (Lipinski definition) is 9. The Labute approximate surface area is 245 Å². The number of nitro benzene ring substituents is 1. The fraction of sp³-hybridized carbons (Fsp3) is 0.200. The molecule has 0 spiro atoms. The van der Waals surface area contributed by atoms with Crippen molar-refractivity contribution in [3.8, 4) is 0 Å². The van der Waals surface area contributed by atoms with Crippen molar-refractivity contribution in [2.75, 3.05) is 4.90 Å². The molecule has 0 bridgehead atoms. The van der Waals surface area contributed by atoms with E-state index in [0.29, 0.717) is 22.5 Å². The highest BCUT2D eigenvalue weighted by Gasteiger charge is 2.53. The lowest BCUT2D eigenvalue weighted by Crippen LogP contribution is -2.31. The van der Waals surface area contributed by atoms with E-state index >= 15 is 0 Å². The molecule has 3 aromatic carbocycles. The third-order valence-corrected chi connectivity index (χ3v) is 10.3. The van der Waals surface area contributed by atoms with Crippen molar-refractivity contribution < 1.29 is 27.7 Å². The third-order valence-electron chi connectivity index (χ3n) is 7.12. The van der Waals surface area contributed by atoms with Crippen LogP contribution in [0.5, 0.6) is 0 Å². The van der Waals surface area contributed by atoms with Gasteiger partial charge >= 0.3 is 0 Å². The van der Waals surface area contributed by atoms with E-state index in [-0.39, 0.29) is 32.3 Å². The molecule has 42 heavy (non-hydrogen) atoms. The lowest BCUT2D eigenvalue weighted by molar-refractivity contribution is -0.384. The number of sulfone groups is 1. The average Bonchev–Trinajstić information content (AvgIpc) is 3.57. The lowest BCUT2D eigenvalue weighted by Gasteiger charge is -2.25. The van der Waals surface area contributed by atoms with E-state index in [0.717, 1.165) is 40.9 Å². The summed E-state index contributed by atoms with van der Waals surface area (Å²) in [4.78, 5) is 55.8. The van der Waals surface area contributed by atoms with Crippen LogP contribution in [0.1, 0.15) is 42.5 Å². The molecule has 2 heterocycles. The van der Waals surface area contributed by atoms with Gasteiger partial charge in [0.15, 0.2) is 10.9 Å². The highest BCUT2D eigenvalue weighted by Crippen LogP contribution is 2.43. The summed E-state index contributed by atoms with van der Waals surface area (Å²) in [5.41, 5.74) is 2.00. The summed E-state index contributed by atoms with van der Waals surface area (Å²) in [6.45, 7) is 4.05.